The van der Waals surface area contributed by atoms with Gasteiger partial charge in [-0.25, -0.2) is 0 Å². The zero-order valence-electron chi connectivity index (χ0n) is 6.75. The maximum Gasteiger partial charge on any atom is 0.164 e. The Balaban J connectivity index is 0. The van der Waals surface area contributed by atoms with Crippen molar-refractivity contribution in [2.75, 3.05) is 5.73 Å². The number of hydrogen-bond donors (Lipinski definition) is 1. The van der Waals surface area contributed by atoms with Crippen LogP contribution >= 0.6 is 23.9 Å². The van der Waals surface area contributed by atoms with E-state index in [2.05, 4.69) is 4.37 Å². The summed E-state index contributed by atoms with van der Waals surface area (Å²) in [5, 5.41) is 0.519. The van der Waals surface area contributed by atoms with Crippen molar-refractivity contribution in [2.24, 2.45) is 0 Å². The average Bonchev–Trinajstić information content (AvgIpc) is 2.11. The van der Waals surface area contributed by atoms with Gasteiger partial charge < -0.3 is 11.2 Å². The van der Waals surface area contributed by atoms with E-state index in [-0.39, 0.29) is 23.7 Å². The van der Waals surface area contributed by atoms with E-state index in [4.69, 9.17) is 5.73 Å². The zero-order valence-corrected chi connectivity index (χ0v) is 8.38. The van der Waals surface area contributed by atoms with Crippen LogP contribution in [0.15, 0.2) is 0 Å². The average molecular weight is 211 g/mol. The number of carbonyl (C=O) groups is 1. The number of Topliss-reactive ketones (excluding diaryl/α,β-unsaturated/α-hetero) is 1. The fourth-order valence-electron chi connectivity index (χ4n) is 0.815. The zero-order chi connectivity index (χ0) is 7.72. The quantitative estimate of drug-likeness (QED) is 0.697. The molecule has 4 nitrogen and oxygen atoms in total. The predicted molar refractivity (Wildman–Crippen MR) is 52.1 cm³/mol. The molecule has 0 fully saturated rings. The molecule has 6 heteroatoms. The normalized spacial score (nSPS) is 8.17. The lowest BCUT2D eigenvalue weighted by molar-refractivity contribution is 0.101. The van der Waals surface area contributed by atoms with E-state index in [1.54, 1.807) is 6.92 Å². The summed E-state index contributed by atoms with van der Waals surface area (Å²) in [7, 11) is 0. The number of nitrogen functional groups attached to an aromatic ring is 1. The molecule has 70 valence electrons. The molecule has 1 rings (SSSR count). The van der Waals surface area contributed by atoms with E-state index >= 15 is 0 Å². The Labute approximate surface area is 80.7 Å². The number of nitrogens with zero attached hydrogens (tertiary/aromatic N) is 1. The largest absolute Gasteiger partial charge is 0.412 e. The molecule has 0 radical (unpaired) electrons. The molecular formula is C6H11ClN2O2S. The summed E-state index contributed by atoms with van der Waals surface area (Å²) < 4.78 is 3.93. The number of aryl methyl sites for hydroxylation is 1. The molecule has 0 atom stereocenters. The highest BCUT2D eigenvalue weighted by atomic mass is 35.5. The van der Waals surface area contributed by atoms with E-state index < -0.39 is 0 Å². The third-order valence-electron chi connectivity index (χ3n) is 1.24. The fourth-order valence-corrected chi connectivity index (χ4v) is 1.52. The summed E-state index contributed by atoms with van der Waals surface area (Å²) in [5.41, 5.74) is 6.78. The molecule has 1 aromatic rings. The Morgan fingerprint density at radius 1 is 1.58 bits per heavy atom. The standard InChI is InChI=1S/C6H8N2OS.ClH.H2O/c1-3-5(4(2)9)6(7)10-8-3;;/h7H2,1-2H3;1H;1H2. The number of carbonyl (C=O) groups excluding carboxylic acids is 1. The second-order valence-corrected chi connectivity index (χ2v) is 2.87. The third kappa shape index (κ3) is 2.44. The van der Waals surface area contributed by atoms with Crippen molar-refractivity contribution in [3.05, 3.63) is 11.3 Å². The lowest BCUT2D eigenvalue weighted by Gasteiger charge is -1.90. The minimum absolute atomic E-state index is 0. The van der Waals surface area contributed by atoms with Crippen LogP contribution in [-0.2, 0) is 0 Å². The SMILES string of the molecule is CC(=O)c1c(C)nsc1N.Cl.O. The summed E-state index contributed by atoms with van der Waals surface area (Å²) in [4.78, 5) is 10.8. The summed E-state index contributed by atoms with van der Waals surface area (Å²) >= 11 is 1.17. The molecule has 0 spiro atoms. The van der Waals surface area contributed by atoms with Gasteiger partial charge >= 0.3 is 0 Å². The van der Waals surface area contributed by atoms with Crippen molar-refractivity contribution < 1.29 is 10.3 Å². The van der Waals surface area contributed by atoms with E-state index in [9.17, 15) is 4.79 Å². The second kappa shape index (κ2) is 5.08. The number of halogens is 1. The molecule has 4 N–H and O–H groups in total. The first-order valence-corrected chi connectivity index (χ1v) is 3.63. The Morgan fingerprint density at radius 3 is 2.25 bits per heavy atom. The summed E-state index contributed by atoms with van der Waals surface area (Å²) in [5.74, 6) is -0.0104. The van der Waals surface area contributed by atoms with Crippen molar-refractivity contribution >= 4 is 34.7 Å². The van der Waals surface area contributed by atoms with Gasteiger partial charge in [0, 0.05) is 0 Å². The molecule has 0 unspecified atom stereocenters. The number of ketones is 1. The van der Waals surface area contributed by atoms with Gasteiger partial charge in [-0.2, -0.15) is 4.37 Å². The monoisotopic (exact) mass is 210 g/mol. The molecule has 1 heterocycles. The van der Waals surface area contributed by atoms with Crippen LogP contribution in [0.4, 0.5) is 5.00 Å². The van der Waals surface area contributed by atoms with E-state index in [1.165, 1.54) is 18.5 Å². The molecule has 0 saturated heterocycles. The fraction of sp³-hybridized carbons (Fsp3) is 0.333. The van der Waals surface area contributed by atoms with Crippen LogP contribution in [-0.4, -0.2) is 15.6 Å². The first-order valence-electron chi connectivity index (χ1n) is 2.85. The highest BCUT2D eigenvalue weighted by molar-refractivity contribution is 7.10. The van der Waals surface area contributed by atoms with Gasteiger partial charge in [-0.05, 0) is 25.4 Å². The minimum Gasteiger partial charge on any atom is -0.412 e. The van der Waals surface area contributed by atoms with E-state index in [0.717, 1.165) is 5.69 Å². The number of aromatic nitrogens is 1. The molecule has 0 aliphatic carbocycles. The summed E-state index contributed by atoms with van der Waals surface area (Å²) in [6.45, 7) is 3.27. The van der Waals surface area contributed by atoms with Crippen molar-refractivity contribution in [1.82, 2.24) is 4.37 Å². The molecular weight excluding hydrogens is 200 g/mol. The van der Waals surface area contributed by atoms with Gasteiger partial charge in [-0.15, -0.1) is 12.4 Å². The molecule has 0 aromatic carbocycles. The van der Waals surface area contributed by atoms with Crippen LogP contribution in [0.2, 0.25) is 0 Å². The topological polar surface area (TPSA) is 87.5 Å². The number of rotatable bonds is 1. The van der Waals surface area contributed by atoms with E-state index in [0.29, 0.717) is 10.6 Å². The Bertz CT molecular complexity index is 255. The van der Waals surface area contributed by atoms with Crippen LogP contribution in [0.3, 0.4) is 0 Å². The van der Waals surface area contributed by atoms with Crippen LogP contribution in [0.25, 0.3) is 0 Å². The number of anilines is 1. The van der Waals surface area contributed by atoms with Crippen LogP contribution < -0.4 is 5.73 Å². The molecule has 0 aliphatic heterocycles. The van der Waals surface area contributed by atoms with Crippen molar-refractivity contribution in [2.45, 2.75) is 13.8 Å². The van der Waals surface area contributed by atoms with Crippen LogP contribution in [0.1, 0.15) is 23.0 Å². The van der Waals surface area contributed by atoms with Gasteiger partial charge in [0.2, 0.25) is 0 Å². The van der Waals surface area contributed by atoms with Crippen LogP contribution in [0, 0.1) is 6.92 Å². The third-order valence-corrected chi connectivity index (χ3v) is 2.01. The Kier molecular flexibility index (Phi) is 5.88. The van der Waals surface area contributed by atoms with Crippen molar-refractivity contribution in [1.29, 1.82) is 0 Å². The second-order valence-electron chi connectivity index (χ2n) is 2.06. The summed E-state index contributed by atoms with van der Waals surface area (Å²) in [6.07, 6.45) is 0. The van der Waals surface area contributed by atoms with Crippen molar-refractivity contribution in [3.8, 4) is 0 Å². The van der Waals surface area contributed by atoms with Crippen molar-refractivity contribution in [3.63, 3.8) is 0 Å². The van der Waals surface area contributed by atoms with Gasteiger partial charge in [-0.1, -0.05) is 0 Å². The first-order chi connectivity index (χ1) is 4.63. The molecule has 12 heavy (non-hydrogen) atoms. The molecule has 0 amide bonds. The lowest BCUT2D eigenvalue weighted by atomic mass is 10.2. The number of hydrogen-bond acceptors (Lipinski definition) is 4. The van der Waals surface area contributed by atoms with E-state index in [1.807, 2.05) is 0 Å². The maximum absolute atomic E-state index is 10.8. The minimum atomic E-state index is -0.0104. The molecule has 0 saturated carbocycles. The van der Waals surface area contributed by atoms with Crippen LogP contribution in [0.5, 0.6) is 0 Å². The smallest absolute Gasteiger partial charge is 0.164 e. The summed E-state index contributed by atoms with van der Waals surface area (Å²) in [6, 6.07) is 0. The highest BCUT2D eigenvalue weighted by Gasteiger charge is 2.10. The van der Waals surface area contributed by atoms with Gasteiger partial charge in [0.15, 0.2) is 5.78 Å². The first kappa shape index (κ1) is 13.9. The van der Waals surface area contributed by atoms with Gasteiger partial charge in [-0.3, -0.25) is 4.79 Å². The molecule has 0 aliphatic rings. The maximum atomic E-state index is 10.8. The molecule has 1 aromatic heterocycles. The number of nitrogens with two attached hydrogens (primary N) is 1. The van der Waals surface area contributed by atoms with Gasteiger partial charge in [0.1, 0.15) is 5.00 Å². The highest BCUT2D eigenvalue weighted by Crippen LogP contribution is 2.20. The van der Waals surface area contributed by atoms with Gasteiger partial charge in [0.25, 0.3) is 0 Å². The Morgan fingerprint density at radius 2 is 2.08 bits per heavy atom. The molecule has 0 bridgehead atoms. The Hall–Kier alpha value is -0.650. The predicted octanol–water partition coefficient (Wildman–Crippen LogP) is 0.833. The lowest BCUT2D eigenvalue weighted by Crippen LogP contribution is -1.96. The van der Waals surface area contributed by atoms with Gasteiger partial charge in [0.05, 0.1) is 11.3 Å².